The van der Waals surface area contributed by atoms with E-state index in [4.69, 9.17) is 33.4 Å². The van der Waals surface area contributed by atoms with Gasteiger partial charge in [0, 0.05) is 10.0 Å². The molecule has 120 valence electrons. The van der Waals surface area contributed by atoms with E-state index in [9.17, 15) is 8.42 Å². The lowest BCUT2D eigenvalue weighted by Crippen LogP contribution is -2.17. The first-order valence-electron chi connectivity index (χ1n) is 6.46. The lowest BCUT2D eigenvalue weighted by Gasteiger charge is -2.09. The lowest BCUT2D eigenvalue weighted by atomic mass is 10.1. The molecule has 0 spiro atoms. The summed E-state index contributed by atoms with van der Waals surface area (Å²) in [6.07, 6.45) is 0. The monoisotopic (exact) mass is 363 g/mol. The van der Waals surface area contributed by atoms with Gasteiger partial charge in [-0.1, -0.05) is 48.2 Å². The average molecular weight is 364 g/mol. The Labute approximate surface area is 138 Å². The SMILES string of the molecule is CC(C)C(N)c1nnc(S(=O)(=O)Cc2ccc(Cl)cc2Cl)o1. The average Bonchev–Trinajstić information content (AvgIpc) is 2.91. The van der Waals surface area contributed by atoms with Crippen LogP contribution in [-0.4, -0.2) is 18.6 Å². The maximum absolute atomic E-state index is 12.3. The number of hydrogen-bond acceptors (Lipinski definition) is 6. The predicted octanol–water partition coefficient (Wildman–Crippen LogP) is 3.01. The maximum Gasteiger partial charge on any atom is 0.335 e. The van der Waals surface area contributed by atoms with E-state index in [2.05, 4.69) is 10.2 Å². The summed E-state index contributed by atoms with van der Waals surface area (Å²) >= 11 is 11.8. The Balaban J connectivity index is 2.27. The Morgan fingerprint density at radius 3 is 2.55 bits per heavy atom. The van der Waals surface area contributed by atoms with Gasteiger partial charge in [0.1, 0.15) is 0 Å². The van der Waals surface area contributed by atoms with Gasteiger partial charge >= 0.3 is 5.22 Å². The third-order valence-corrected chi connectivity index (χ3v) is 5.03. The highest BCUT2D eigenvalue weighted by Gasteiger charge is 2.26. The van der Waals surface area contributed by atoms with E-state index in [1.54, 1.807) is 12.1 Å². The molecular weight excluding hydrogens is 349 g/mol. The van der Waals surface area contributed by atoms with E-state index in [1.165, 1.54) is 6.07 Å². The van der Waals surface area contributed by atoms with Crippen LogP contribution in [0.3, 0.4) is 0 Å². The van der Waals surface area contributed by atoms with Gasteiger partial charge < -0.3 is 10.2 Å². The van der Waals surface area contributed by atoms with E-state index < -0.39 is 21.1 Å². The normalized spacial score (nSPS) is 13.5. The van der Waals surface area contributed by atoms with Crippen molar-refractivity contribution in [1.29, 1.82) is 0 Å². The fourth-order valence-corrected chi connectivity index (χ4v) is 3.39. The number of nitrogens with two attached hydrogens (primary N) is 1. The second-order valence-electron chi connectivity index (χ2n) is 5.17. The number of aromatic nitrogens is 2. The molecule has 1 atom stereocenters. The van der Waals surface area contributed by atoms with Crippen LogP contribution in [0.4, 0.5) is 0 Å². The van der Waals surface area contributed by atoms with E-state index in [0.29, 0.717) is 10.6 Å². The van der Waals surface area contributed by atoms with Gasteiger partial charge in [0.05, 0.1) is 11.8 Å². The number of hydrogen-bond donors (Lipinski definition) is 1. The molecule has 0 aliphatic heterocycles. The Kier molecular flexibility index (Phi) is 5.11. The molecule has 0 saturated carbocycles. The van der Waals surface area contributed by atoms with Crippen molar-refractivity contribution in [3.8, 4) is 0 Å². The first kappa shape index (κ1) is 17.2. The van der Waals surface area contributed by atoms with Crippen molar-refractivity contribution in [1.82, 2.24) is 10.2 Å². The molecule has 0 aliphatic rings. The molecule has 2 rings (SSSR count). The summed E-state index contributed by atoms with van der Waals surface area (Å²) in [6, 6.07) is 4.06. The highest BCUT2D eigenvalue weighted by molar-refractivity contribution is 7.90. The van der Waals surface area contributed by atoms with Gasteiger partial charge in [-0.25, -0.2) is 8.42 Å². The molecule has 2 aromatic rings. The van der Waals surface area contributed by atoms with Crippen LogP contribution >= 0.6 is 23.2 Å². The lowest BCUT2D eigenvalue weighted by molar-refractivity contribution is 0.341. The van der Waals surface area contributed by atoms with Crippen molar-refractivity contribution in [2.24, 2.45) is 11.7 Å². The van der Waals surface area contributed by atoms with Crippen molar-refractivity contribution in [3.05, 3.63) is 39.7 Å². The molecule has 0 bridgehead atoms. The quantitative estimate of drug-likeness (QED) is 0.876. The van der Waals surface area contributed by atoms with Gasteiger partial charge in [0.25, 0.3) is 0 Å². The molecule has 9 heteroatoms. The third kappa shape index (κ3) is 3.78. The van der Waals surface area contributed by atoms with Crippen LogP contribution in [0.1, 0.15) is 31.3 Å². The first-order valence-corrected chi connectivity index (χ1v) is 8.87. The Morgan fingerprint density at radius 2 is 1.95 bits per heavy atom. The minimum absolute atomic E-state index is 0.0433. The van der Waals surface area contributed by atoms with Gasteiger partial charge in [-0.15, -0.1) is 5.10 Å². The molecule has 6 nitrogen and oxygen atoms in total. The molecule has 22 heavy (non-hydrogen) atoms. The fraction of sp³-hybridized carbons (Fsp3) is 0.385. The van der Waals surface area contributed by atoms with E-state index in [1.807, 2.05) is 13.8 Å². The highest BCUT2D eigenvalue weighted by Crippen LogP contribution is 2.26. The molecule has 1 aromatic heterocycles. The molecule has 0 fully saturated rings. The van der Waals surface area contributed by atoms with Crippen molar-refractivity contribution in [2.75, 3.05) is 0 Å². The van der Waals surface area contributed by atoms with Crippen molar-refractivity contribution in [2.45, 2.75) is 30.9 Å². The van der Waals surface area contributed by atoms with Crippen LogP contribution in [-0.2, 0) is 15.6 Å². The number of benzene rings is 1. The molecule has 1 heterocycles. The van der Waals surface area contributed by atoms with Gasteiger partial charge in [0.15, 0.2) is 0 Å². The summed E-state index contributed by atoms with van der Waals surface area (Å²) in [5.41, 5.74) is 6.26. The number of rotatable bonds is 5. The van der Waals surface area contributed by atoms with Gasteiger partial charge in [-0.3, -0.25) is 0 Å². The van der Waals surface area contributed by atoms with Gasteiger partial charge in [-0.2, -0.15) is 0 Å². The van der Waals surface area contributed by atoms with Crippen LogP contribution in [0.25, 0.3) is 0 Å². The second-order valence-corrected chi connectivity index (χ2v) is 7.88. The zero-order valence-corrected chi connectivity index (χ0v) is 14.3. The number of nitrogens with zero attached hydrogens (tertiary/aromatic N) is 2. The van der Waals surface area contributed by atoms with Gasteiger partial charge in [0.2, 0.25) is 15.7 Å². The molecule has 0 amide bonds. The Hall–Kier alpha value is -1.15. The summed E-state index contributed by atoms with van der Waals surface area (Å²) in [7, 11) is -3.81. The Bertz CT molecular complexity index is 775. The minimum Gasteiger partial charge on any atom is -0.411 e. The predicted molar refractivity (Wildman–Crippen MR) is 83.4 cm³/mol. The standard InChI is InChI=1S/C13H15Cl2N3O3S/c1-7(2)11(16)12-17-18-13(21-12)22(19,20)6-8-3-4-9(14)5-10(8)15/h3-5,7,11H,6,16H2,1-2H3. The topological polar surface area (TPSA) is 99.1 Å². The number of halogens is 2. The van der Waals surface area contributed by atoms with Crippen LogP contribution < -0.4 is 5.73 Å². The first-order chi connectivity index (χ1) is 10.2. The summed E-state index contributed by atoms with van der Waals surface area (Å²) in [6.45, 7) is 3.74. The largest absolute Gasteiger partial charge is 0.411 e. The zero-order valence-electron chi connectivity index (χ0n) is 12.0. The summed E-state index contributed by atoms with van der Waals surface area (Å²) in [5, 5.41) is 7.50. The number of sulfone groups is 1. The van der Waals surface area contributed by atoms with Crippen LogP contribution in [0.15, 0.2) is 27.8 Å². The zero-order chi connectivity index (χ0) is 16.5. The summed E-state index contributed by atoms with van der Waals surface area (Å²) in [5.74, 6) is -0.223. The van der Waals surface area contributed by atoms with Crippen LogP contribution in [0.2, 0.25) is 10.0 Å². The fourth-order valence-electron chi connectivity index (χ4n) is 1.67. The maximum atomic E-state index is 12.3. The third-order valence-electron chi connectivity index (χ3n) is 3.05. The van der Waals surface area contributed by atoms with E-state index >= 15 is 0 Å². The van der Waals surface area contributed by atoms with E-state index in [0.717, 1.165) is 0 Å². The summed E-state index contributed by atoms with van der Waals surface area (Å²) < 4.78 is 29.8. The molecule has 1 unspecified atom stereocenters. The minimum atomic E-state index is -3.81. The van der Waals surface area contributed by atoms with Gasteiger partial charge in [-0.05, 0) is 23.6 Å². The van der Waals surface area contributed by atoms with Crippen molar-refractivity contribution in [3.63, 3.8) is 0 Å². The highest BCUT2D eigenvalue weighted by atomic mass is 35.5. The van der Waals surface area contributed by atoms with Crippen LogP contribution in [0, 0.1) is 5.92 Å². The molecular formula is C13H15Cl2N3O3S. The van der Waals surface area contributed by atoms with E-state index in [-0.39, 0.29) is 22.6 Å². The summed E-state index contributed by atoms with van der Waals surface area (Å²) in [4.78, 5) is 0. The van der Waals surface area contributed by atoms with Crippen molar-refractivity contribution < 1.29 is 12.8 Å². The van der Waals surface area contributed by atoms with Crippen molar-refractivity contribution >= 4 is 33.0 Å². The molecule has 2 N–H and O–H groups in total. The molecule has 0 aliphatic carbocycles. The Morgan fingerprint density at radius 1 is 1.27 bits per heavy atom. The molecule has 1 aromatic carbocycles. The second kappa shape index (κ2) is 6.54. The smallest absolute Gasteiger partial charge is 0.335 e. The van der Waals surface area contributed by atoms with Crippen LogP contribution in [0.5, 0.6) is 0 Å². The molecule has 0 saturated heterocycles. The molecule has 0 radical (unpaired) electrons.